The van der Waals surface area contributed by atoms with Crippen molar-refractivity contribution in [2.75, 3.05) is 19.6 Å². The van der Waals surface area contributed by atoms with Gasteiger partial charge in [-0.2, -0.15) is 0 Å². The number of rotatable bonds is 12. The van der Waals surface area contributed by atoms with Gasteiger partial charge in [0.05, 0.1) is 19.6 Å². The summed E-state index contributed by atoms with van der Waals surface area (Å²) in [4.78, 5) is 0. The second-order valence-corrected chi connectivity index (χ2v) is 6.81. The first kappa shape index (κ1) is 22.1. The van der Waals surface area contributed by atoms with Gasteiger partial charge in [0, 0.05) is 0 Å². The van der Waals surface area contributed by atoms with E-state index in [2.05, 4.69) is 52.0 Å². The summed E-state index contributed by atoms with van der Waals surface area (Å²) < 4.78 is 1.15. The van der Waals surface area contributed by atoms with Crippen LogP contribution in [0.1, 0.15) is 77.7 Å². The minimum Gasteiger partial charge on any atom is -0.870 e. The molecule has 0 saturated heterocycles. The minimum absolute atomic E-state index is 0. The number of unbranched alkanes of at least 4 members (excludes halogenated alkanes) is 7. The normalized spacial score (nSPS) is 11.3. The van der Waals surface area contributed by atoms with Crippen LogP contribution in [0.4, 0.5) is 5.69 Å². The van der Waals surface area contributed by atoms with Crippen LogP contribution in [0.5, 0.6) is 0 Å². The van der Waals surface area contributed by atoms with Crippen LogP contribution in [0, 0.1) is 6.92 Å². The molecule has 0 amide bonds. The smallest absolute Gasteiger partial charge is 0.132 e. The van der Waals surface area contributed by atoms with Gasteiger partial charge in [-0.25, -0.2) is 0 Å². The molecule has 0 atom stereocenters. The summed E-state index contributed by atoms with van der Waals surface area (Å²) in [6.07, 6.45) is 11.3. The third-order valence-electron chi connectivity index (χ3n) is 5.23. The van der Waals surface area contributed by atoms with Gasteiger partial charge in [0.15, 0.2) is 0 Å². The van der Waals surface area contributed by atoms with Gasteiger partial charge >= 0.3 is 0 Å². The Bertz CT molecular complexity index is 381. The SMILES string of the molecule is CCCCCCCCCC[N+](CC)(CC)c1ccc(C)cc1.[OH-]. The Hall–Kier alpha value is -0.860. The fourth-order valence-electron chi connectivity index (χ4n) is 3.44. The summed E-state index contributed by atoms with van der Waals surface area (Å²) in [6, 6.07) is 9.21. The van der Waals surface area contributed by atoms with Gasteiger partial charge in [-0.3, -0.25) is 4.48 Å². The van der Waals surface area contributed by atoms with Crippen molar-refractivity contribution in [1.29, 1.82) is 0 Å². The largest absolute Gasteiger partial charge is 0.870 e. The van der Waals surface area contributed by atoms with Crippen molar-refractivity contribution >= 4 is 5.69 Å². The molecule has 1 rings (SSSR count). The van der Waals surface area contributed by atoms with Gasteiger partial charge in [-0.05, 0) is 45.7 Å². The molecule has 0 aliphatic carbocycles. The zero-order valence-corrected chi connectivity index (χ0v) is 16.0. The summed E-state index contributed by atoms with van der Waals surface area (Å²) in [6.45, 7) is 12.9. The van der Waals surface area contributed by atoms with E-state index < -0.39 is 0 Å². The molecule has 2 heteroatoms. The van der Waals surface area contributed by atoms with E-state index in [1.54, 1.807) is 0 Å². The van der Waals surface area contributed by atoms with Crippen molar-refractivity contribution in [3.05, 3.63) is 29.8 Å². The summed E-state index contributed by atoms with van der Waals surface area (Å²) in [5.41, 5.74) is 2.86. The molecule has 0 heterocycles. The van der Waals surface area contributed by atoms with Crippen LogP contribution in [-0.4, -0.2) is 25.1 Å². The van der Waals surface area contributed by atoms with Gasteiger partial charge in [0.25, 0.3) is 0 Å². The molecule has 1 N–H and O–H groups in total. The van der Waals surface area contributed by atoms with Crippen molar-refractivity contribution in [1.82, 2.24) is 4.48 Å². The van der Waals surface area contributed by atoms with Crippen LogP contribution < -0.4 is 4.48 Å². The molecule has 0 spiro atoms. The van der Waals surface area contributed by atoms with Gasteiger partial charge in [0.2, 0.25) is 0 Å². The maximum Gasteiger partial charge on any atom is 0.132 e. The van der Waals surface area contributed by atoms with Crippen molar-refractivity contribution in [2.24, 2.45) is 0 Å². The van der Waals surface area contributed by atoms with E-state index in [1.165, 1.54) is 82.3 Å². The first-order valence-electron chi connectivity index (χ1n) is 9.61. The summed E-state index contributed by atoms with van der Waals surface area (Å²) >= 11 is 0. The average molecular weight is 322 g/mol. The number of hydrogen-bond donors (Lipinski definition) is 0. The van der Waals surface area contributed by atoms with Crippen molar-refractivity contribution < 1.29 is 5.48 Å². The highest BCUT2D eigenvalue weighted by atomic mass is 16.0. The molecule has 0 radical (unpaired) electrons. The highest BCUT2D eigenvalue weighted by molar-refractivity contribution is 5.44. The average Bonchev–Trinajstić information content (AvgIpc) is 2.55. The van der Waals surface area contributed by atoms with Crippen LogP contribution in [0.25, 0.3) is 0 Å². The number of benzene rings is 1. The predicted molar refractivity (Wildman–Crippen MR) is 103 cm³/mol. The fourth-order valence-corrected chi connectivity index (χ4v) is 3.44. The monoisotopic (exact) mass is 321 g/mol. The molecule has 0 fully saturated rings. The number of hydrogen-bond acceptors (Lipinski definition) is 1. The molecular formula is C21H39NO. The summed E-state index contributed by atoms with van der Waals surface area (Å²) in [7, 11) is 0. The first-order valence-corrected chi connectivity index (χ1v) is 9.61. The van der Waals surface area contributed by atoms with Crippen LogP contribution >= 0.6 is 0 Å². The van der Waals surface area contributed by atoms with Crippen LogP contribution in [0.15, 0.2) is 24.3 Å². The van der Waals surface area contributed by atoms with E-state index in [4.69, 9.17) is 0 Å². The number of quaternary nitrogens is 1. The first-order chi connectivity index (χ1) is 10.7. The molecule has 2 nitrogen and oxygen atoms in total. The van der Waals surface area contributed by atoms with Gasteiger partial charge in [-0.15, -0.1) is 0 Å². The third-order valence-corrected chi connectivity index (χ3v) is 5.23. The molecule has 0 aromatic heterocycles. The quantitative estimate of drug-likeness (QED) is 0.328. The summed E-state index contributed by atoms with van der Waals surface area (Å²) in [5, 5.41) is 0. The van der Waals surface area contributed by atoms with E-state index >= 15 is 0 Å². The maximum absolute atomic E-state index is 2.34. The molecule has 0 saturated carbocycles. The topological polar surface area (TPSA) is 30.0 Å². The lowest BCUT2D eigenvalue weighted by atomic mass is 10.1. The fraction of sp³-hybridized carbons (Fsp3) is 0.714. The summed E-state index contributed by atoms with van der Waals surface area (Å²) in [5.74, 6) is 0. The molecule has 1 aromatic carbocycles. The predicted octanol–water partition coefficient (Wildman–Crippen LogP) is 6.31. The lowest BCUT2D eigenvalue weighted by molar-refractivity contribution is 0.291. The van der Waals surface area contributed by atoms with Gasteiger partial charge in [-0.1, -0.05) is 63.1 Å². The van der Waals surface area contributed by atoms with Crippen LogP contribution in [0.3, 0.4) is 0 Å². The Labute approximate surface area is 144 Å². The molecule has 1 aromatic rings. The lowest BCUT2D eigenvalue weighted by Gasteiger charge is -2.36. The van der Waals surface area contributed by atoms with E-state index in [0.717, 1.165) is 4.48 Å². The van der Waals surface area contributed by atoms with Gasteiger partial charge in [0.1, 0.15) is 5.69 Å². The second kappa shape index (κ2) is 12.5. The Morgan fingerprint density at radius 3 is 1.65 bits per heavy atom. The van der Waals surface area contributed by atoms with Crippen LogP contribution in [-0.2, 0) is 0 Å². The number of nitrogens with zero attached hydrogens (tertiary/aromatic N) is 1. The number of aryl methyl sites for hydroxylation is 1. The van der Waals surface area contributed by atoms with E-state index in [1.807, 2.05) is 0 Å². The van der Waals surface area contributed by atoms with E-state index in [-0.39, 0.29) is 5.48 Å². The van der Waals surface area contributed by atoms with E-state index in [0.29, 0.717) is 0 Å². The van der Waals surface area contributed by atoms with Crippen molar-refractivity contribution in [3.8, 4) is 0 Å². The zero-order valence-electron chi connectivity index (χ0n) is 16.0. The molecule has 0 unspecified atom stereocenters. The Kier molecular flexibility index (Phi) is 12.1. The lowest BCUT2D eigenvalue weighted by Crippen LogP contribution is -2.49. The highest BCUT2D eigenvalue weighted by Crippen LogP contribution is 2.24. The molecule has 134 valence electrons. The Balaban J connectivity index is 0.00000484. The minimum atomic E-state index is 0. The highest BCUT2D eigenvalue weighted by Gasteiger charge is 2.25. The maximum atomic E-state index is 2.34. The van der Waals surface area contributed by atoms with Gasteiger partial charge < -0.3 is 5.48 Å². The zero-order chi connectivity index (χ0) is 16.3. The molecule has 23 heavy (non-hydrogen) atoms. The third kappa shape index (κ3) is 7.50. The molecular weight excluding hydrogens is 282 g/mol. The second-order valence-electron chi connectivity index (χ2n) is 6.81. The van der Waals surface area contributed by atoms with Crippen molar-refractivity contribution in [2.45, 2.75) is 79.1 Å². The Morgan fingerprint density at radius 1 is 0.696 bits per heavy atom. The Morgan fingerprint density at radius 2 is 1.17 bits per heavy atom. The van der Waals surface area contributed by atoms with E-state index in [9.17, 15) is 0 Å². The van der Waals surface area contributed by atoms with Crippen molar-refractivity contribution in [3.63, 3.8) is 0 Å². The standard InChI is InChI=1S/C21H38N.H2O/c1-5-8-9-10-11-12-13-14-19-22(6-2,7-3)21-17-15-20(4)16-18-21;/h15-18H,5-14,19H2,1-4H3;1H2/q+1;/p-1. The molecule has 0 aliphatic heterocycles. The molecule has 0 aliphatic rings. The molecule has 0 bridgehead atoms. The van der Waals surface area contributed by atoms with Crippen LogP contribution in [0.2, 0.25) is 0 Å².